The molecular weight excluding hydrogens is 348 g/mol. The summed E-state index contributed by atoms with van der Waals surface area (Å²) in [5.74, 6) is -1.21. The van der Waals surface area contributed by atoms with Crippen LogP contribution < -0.4 is 5.32 Å². The third-order valence-electron chi connectivity index (χ3n) is 4.34. The van der Waals surface area contributed by atoms with Gasteiger partial charge in [0.25, 0.3) is 5.91 Å². The molecule has 7 nitrogen and oxygen atoms in total. The summed E-state index contributed by atoms with van der Waals surface area (Å²) in [4.78, 5) is 36.6. The molecule has 0 saturated heterocycles. The minimum atomic E-state index is -0.446. The molecule has 1 heterocycles. The largest absolute Gasteiger partial charge is 0.465 e. The Morgan fingerprint density at radius 2 is 1.67 bits per heavy atom. The molecule has 1 aromatic carbocycles. The Bertz CT molecular complexity index is 865. The zero-order valence-electron chi connectivity index (χ0n) is 16.2. The fraction of sp³-hybridized carbons (Fsp3) is 0.350. The summed E-state index contributed by atoms with van der Waals surface area (Å²) in [6.07, 6.45) is 0. The van der Waals surface area contributed by atoms with E-state index in [9.17, 15) is 14.4 Å². The normalized spacial score (nSPS) is 10.4. The summed E-state index contributed by atoms with van der Waals surface area (Å²) in [6, 6.07) is 6.39. The average Bonchev–Trinajstić information content (AvgIpc) is 2.91. The number of nitrogens with zero attached hydrogens (tertiary/aromatic N) is 1. The molecule has 2 rings (SSSR count). The molecule has 1 aromatic heterocycles. The zero-order chi connectivity index (χ0) is 20.1. The maximum atomic E-state index is 12.8. The van der Waals surface area contributed by atoms with Gasteiger partial charge in [-0.1, -0.05) is 0 Å². The van der Waals surface area contributed by atoms with Gasteiger partial charge in [0.2, 0.25) is 0 Å². The van der Waals surface area contributed by atoms with Gasteiger partial charge in [0.05, 0.1) is 24.8 Å². The van der Waals surface area contributed by atoms with Gasteiger partial charge in [-0.2, -0.15) is 0 Å². The molecule has 0 bridgehead atoms. The van der Waals surface area contributed by atoms with Gasteiger partial charge in [-0.05, 0) is 57.5 Å². The van der Waals surface area contributed by atoms with E-state index in [4.69, 9.17) is 4.74 Å². The number of anilines is 1. The minimum Gasteiger partial charge on any atom is -0.465 e. The highest BCUT2D eigenvalue weighted by Gasteiger charge is 2.26. The first kappa shape index (κ1) is 20.2. The van der Waals surface area contributed by atoms with Crippen molar-refractivity contribution < 1.29 is 23.9 Å². The summed E-state index contributed by atoms with van der Waals surface area (Å²) in [6.45, 7) is 7.99. The molecule has 144 valence electrons. The van der Waals surface area contributed by atoms with Crippen LogP contribution in [0.4, 0.5) is 5.69 Å². The Balaban J connectivity index is 2.33. The van der Waals surface area contributed by atoms with Gasteiger partial charge in [-0.15, -0.1) is 0 Å². The molecule has 0 aliphatic carbocycles. The Morgan fingerprint density at radius 3 is 2.19 bits per heavy atom. The third-order valence-corrected chi connectivity index (χ3v) is 4.34. The van der Waals surface area contributed by atoms with Gasteiger partial charge in [-0.3, -0.25) is 4.79 Å². The van der Waals surface area contributed by atoms with Gasteiger partial charge < -0.3 is 19.4 Å². The van der Waals surface area contributed by atoms with E-state index in [-0.39, 0.29) is 12.5 Å². The molecule has 0 saturated carbocycles. The van der Waals surface area contributed by atoms with E-state index in [0.29, 0.717) is 40.3 Å². The molecule has 27 heavy (non-hydrogen) atoms. The Morgan fingerprint density at radius 1 is 1.04 bits per heavy atom. The van der Waals surface area contributed by atoms with Crippen molar-refractivity contribution in [1.82, 2.24) is 4.57 Å². The van der Waals surface area contributed by atoms with E-state index in [1.165, 1.54) is 7.11 Å². The second kappa shape index (κ2) is 8.53. The average molecular weight is 372 g/mol. The van der Waals surface area contributed by atoms with Crippen molar-refractivity contribution in [2.24, 2.45) is 0 Å². The zero-order valence-corrected chi connectivity index (χ0v) is 16.2. The van der Waals surface area contributed by atoms with E-state index in [2.05, 4.69) is 10.1 Å². The molecule has 0 aliphatic heterocycles. The van der Waals surface area contributed by atoms with Crippen LogP contribution in [0.25, 0.3) is 0 Å². The molecule has 0 atom stereocenters. The summed E-state index contributed by atoms with van der Waals surface area (Å²) < 4.78 is 11.6. The van der Waals surface area contributed by atoms with Crippen molar-refractivity contribution >= 4 is 23.5 Å². The van der Waals surface area contributed by atoms with Crippen LogP contribution in [0.5, 0.6) is 0 Å². The number of ether oxygens (including phenoxy) is 2. The number of amides is 1. The number of esters is 2. The molecule has 1 N–H and O–H groups in total. The third kappa shape index (κ3) is 4.02. The highest BCUT2D eigenvalue weighted by Crippen LogP contribution is 2.24. The molecule has 1 amide bonds. The van der Waals surface area contributed by atoms with Crippen molar-refractivity contribution in [2.75, 3.05) is 19.0 Å². The van der Waals surface area contributed by atoms with Crippen molar-refractivity contribution in [3.05, 3.63) is 52.3 Å². The number of hydrogen-bond acceptors (Lipinski definition) is 5. The Kier molecular flexibility index (Phi) is 6.39. The quantitative estimate of drug-likeness (QED) is 0.786. The number of carbonyl (C=O) groups excluding carboxylic acids is 3. The molecule has 0 fully saturated rings. The van der Waals surface area contributed by atoms with Crippen molar-refractivity contribution in [3.8, 4) is 0 Å². The predicted molar refractivity (Wildman–Crippen MR) is 101 cm³/mol. The lowest BCUT2D eigenvalue weighted by Crippen LogP contribution is -2.14. The number of rotatable bonds is 6. The van der Waals surface area contributed by atoms with Crippen LogP contribution in [0.15, 0.2) is 24.3 Å². The van der Waals surface area contributed by atoms with Crippen molar-refractivity contribution in [3.63, 3.8) is 0 Å². The lowest BCUT2D eigenvalue weighted by atomic mass is 10.1. The number of carbonyl (C=O) groups is 3. The van der Waals surface area contributed by atoms with Crippen LogP contribution >= 0.6 is 0 Å². The first-order chi connectivity index (χ1) is 12.8. The lowest BCUT2D eigenvalue weighted by Gasteiger charge is -2.08. The lowest BCUT2D eigenvalue weighted by molar-refractivity contribution is 0.0512. The van der Waals surface area contributed by atoms with Crippen LogP contribution in [0, 0.1) is 13.8 Å². The van der Waals surface area contributed by atoms with E-state index < -0.39 is 11.9 Å². The van der Waals surface area contributed by atoms with Gasteiger partial charge in [-0.25, -0.2) is 9.59 Å². The monoisotopic (exact) mass is 372 g/mol. The highest BCUT2D eigenvalue weighted by molar-refractivity contribution is 6.08. The van der Waals surface area contributed by atoms with Gasteiger partial charge >= 0.3 is 11.9 Å². The maximum absolute atomic E-state index is 12.8. The number of nitrogens with one attached hydrogen (secondary N) is 1. The van der Waals surface area contributed by atoms with E-state index in [0.717, 1.165) is 0 Å². The molecule has 7 heteroatoms. The van der Waals surface area contributed by atoms with Crippen molar-refractivity contribution in [1.29, 1.82) is 0 Å². The SMILES string of the molecule is CCOC(=O)c1c(C)c(C(=O)Nc2ccc(C(=O)OC)cc2)c(C)n1CC. The minimum absolute atomic E-state index is 0.264. The molecule has 0 aliphatic rings. The predicted octanol–water partition coefficient (Wildman–Crippen LogP) is 3.34. The second-order valence-electron chi connectivity index (χ2n) is 5.92. The fourth-order valence-corrected chi connectivity index (χ4v) is 3.09. The molecule has 2 aromatic rings. The maximum Gasteiger partial charge on any atom is 0.355 e. The topological polar surface area (TPSA) is 86.6 Å². The summed E-state index contributed by atoms with van der Waals surface area (Å²) in [5, 5.41) is 2.80. The van der Waals surface area contributed by atoms with Gasteiger partial charge in [0.1, 0.15) is 5.69 Å². The van der Waals surface area contributed by atoms with E-state index in [1.807, 2.05) is 6.92 Å². The van der Waals surface area contributed by atoms with Crippen LogP contribution in [0.2, 0.25) is 0 Å². The highest BCUT2D eigenvalue weighted by atomic mass is 16.5. The summed E-state index contributed by atoms with van der Waals surface area (Å²) in [7, 11) is 1.31. The summed E-state index contributed by atoms with van der Waals surface area (Å²) >= 11 is 0. The summed E-state index contributed by atoms with van der Waals surface area (Å²) in [5.41, 5.74) is 3.04. The van der Waals surface area contributed by atoms with Gasteiger partial charge in [0, 0.05) is 17.9 Å². The second-order valence-corrected chi connectivity index (χ2v) is 5.92. The van der Waals surface area contributed by atoms with E-state index >= 15 is 0 Å². The smallest absolute Gasteiger partial charge is 0.355 e. The van der Waals surface area contributed by atoms with Gasteiger partial charge in [0.15, 0.2) is 0 Å². The number of methoxy groups -OCH3 is 1. The Labute approximate surface area is 158 Å². The fourth-order valence-electron chi connectivity index (χ4n) is 3.09. The number of benzene rings is 1. The first-order valence-electron chi connectivity index (χ1n) is 8.72. The first-order valence-corrected chi connectivity index (χ1v) is 8.72. The van der Waals surface area contributed by atoms with Crippen LogP contribution in [0.3, 0.4) is 0 Å². The van der Waals surface area contributed by atoms with Crippen LogP contribution in [0.1, 0.15) is 56.3 Å². The van der Waals surface area contributed by atoms with Crippen molar-refractivity contribution in [2.45, 2.75) is 34.2 Å². The molecule has 0 radical (unpaired) electrons. The van der Waals surface area contributed by atoms with Crippen LogP contribution in [-0.4, -0.2) is 36.1 Å². The van der Waals surface area contributed by atoms with E-state index in [1.54, 1.807) is 49.6 Å². The van der Waals surface area contributed by atoms with Crippen LogP contribution in [-0.2, 0) is 16.0 Å². The number of hydrogen-bond donors (Lipinski definition) is 1. The molecule has 0 spiro atoms. The molecular formula is C20H24N2O5. The standard InChI is InChI=1S/C20H24N2O5/c1-6-22-13(4)16(12(3)17(22)20(25)27-7-2)18(23)21-15-10-8-14(9-11-15)19(24)26-5/h8-11H,6-7H2,1-5H3,(H,21,23). The Hall–Kier alpha value is -3.09. The molecule has 0 unspecified atom stereocenters. The number of aromatic nitrogens is 1.